The Morgan fingerprint density at radius 2 is 1.64 bits per heavy atom. The Morgan fingerprint density at radius 3 is 2.28 bits per heavy atom. The van der Waals surface area contributed by atoms with E-state index in [9.17, 15) is 18.3 Å². The van der Waals surface area contributed by atoms with Crippen LogP contribution in [0.1, 0.15) is 17.9 Å². The molecule has 0 spiro atoms. The van der Waals surface area contributed by atoms with E-state index in [1.54, 1.807) is 73.1 Å². The van der Waals surface area contributed by atoms with E-state index in [2.05, 4.69) is 9.71 Å². The first-order valence-corrected chi connectivity index (χ1v) is 12.9. The number of pyridine rings is 1. The number of carboxylic acids is 1. The first-order chi connectivity index (χ1) is 17.3. The van der Waals surface area contributed by atoms with Crippen molar-refractivity contribution in [3.63, 3.8) is 0 Å². The van der Waals surface area contributed by atoms with Crippen molar-refractivity contribution in [2.75, 3.05) is 0 Å². The number of nitrogens with one attached hydrogen (secondary N) is 1. The molecule has 3 aromatic carbocycles. The van der Waals surface area contributed by atoms with Crippen LogP contribution in [0.5, 0.6) is 11.5 Å². The van der Waals surface area contributed by atoms with Crippen LogP contribution in [0.4, 0.5) is 0 Å². The van der Waals surface area contributed by atoms with E-state index in [0.29, 0.717) is 22.1 Å². The molecule has 1 fully saturated rings. The Bertz CT molecular complexity index is 1510. The number of nitrogens with zero attached hydrogens (tertiary/aromatic N) is 1. The highest BCUT2D eigenvalue weighted by atomic mass is 35.5. The van der Waals surface area contributed by atoms with Gasteiger partial charge >= 0.3 is 5.97 Å². The summed E-state index contributed by atoms with van der Waals surface area (Å²) in [6.45, 7) is 0. The standard InChI is InChI=1S/C27H21ClN2O5S/c28-21-10-6-18(7-11-21)19-8-12-24(13-9-19)36(33,34)30-27(26(31)32)16-25(27)20-3-1-4-22(15-20)35-23-5-2-14-29-17-23/h1-15,17,25,30H,16H2,(H,31,32). The number of hydrogen-bond donors (Lipinski definition) is 2. The molecule has 36 heavy (non-hydrogen) atoms. The molecule has 182 valence electrons. The van der Waals surface area contributed by atoms with E-state index < -0.39 is 27.4 Å². The number of aliphatic carboxylic acids is 1. The zero-order valence-electron chi connectivity index (χ0n) is 18.8. The monoisotopic (exact) mass is 520 g/mol. The third kappa shape index (κ3) is 4.83. The molecule has 5 rings (SSSR count). The first kappa shape index (κ1) is 24.0. The summed E-state index contributed by atoms with van der Waals surface area (Å²) < 4.78 is 34.5. The van der Waals surface area contributed by atoms with Crippen molar-refractivity contribution in [3.05, 3.63) is 108 Å². The van der Waals surface area contributed by atoms with Gasteiger partial charge in [0, 0.05) is 17.1 Å². The molecule has 2 unspecified atom stereocenters. The lowest BCUT2D eigenvalue weighted by Crippen LogP contribution is -2.44. The van der Waals surface area contributed by atoms with Gasteiger partial charge in [0.25, 0.3) is 0 Å². The van der Waals surface area contributed by atoms with E-state index in [-0.39, 0.29) is 11.3 Å². The maximum atomic E-state index is 13.1. The Hall–Kier alpha value is -3.72. The van der Waals surface area contributed by atoms with Crippen molar-refractivity contribution in [1.29, 1.82) is 0 Å². The highest BCUT2D eigenvalue weighted by molar-refractivity contribution is 7.89. The zero-order chi connectivity index (χ0) is 25.3. The molecular formula is C27H21ClN2O5S. The molecule has 0 bridgehead atoms. The van der Waals surface area contributed by atoms with Crippen LogP contribution in [0, 0.1) is 0 Å². The summed E-state index contributed by atoms with van der Waals surface area (Å²) >= 11 is 5.93. The topological polar surface area (TPSA) is 106 Å². The summed E-state index contributed by atoms with van der Waals surface area (Å²) in [5.74, 6) is -0.729. The summed E-state index contributed by atoms with van der Waals surface area (Å²) in [7, 11) is -4.10. The molecule has 9 heteroatoms. The van der Waals surface area contributed by atoms with Gasteiger partial charge in [-0.2, -0.15) is 4.72 Å². The van der Waals surface area contributed by atoms with E-state index in [0.717, 1.165) is 11.1 Å². The van der Waals surface area contributed by atoms with Crippen molar-refractivity contribution in [2.45, 2.75) is 22.8 Å². The number of rotatable bonds is 8. The predicted molar refractivity (Wildman–Crippen MR) is 136 cm³/mol. The highest BCUT2D eigenvalue weighted by Crippen LogP contribution is 2.53. The normalized spacial score (nSPS) is 19.0. The Balaban J connectivity index is 1.36. The fourth-order valence-corrected chi connectivity index (χ4v) is 5.69. The number of ether oxygens (including phenoxy) is 1. The highest BCUT2D eigenvalue weighted by Gasteiger charge is 2.63. The number of carbonyl (C=O) groups is 1. The van der Waals surface area contributed by atoms with Gasteiger partial charge in [-0.05, 0) is 71.6 Å². The van der Waals surface area contributed by atoms with Gasteiger partial charge in [-0.3, -0.25) is 9.78 Å². The van der Waals surface area contributed by atoms with Gasteiger partial charge in [-0.25, -0.2) is 8.42 Å². The molecule has 1 aliphatic rings. The quantitative estimate of drug-likeness (QED) is 0.318. The van der Waals surface area contributed by atoms with Crippen molar-refractivity contribution >= 4 is 27.6 Å². The SMILES string of the molecule is O=C(O)C1(NS(=O)(=O)c2ccc(-c3ccc(Cl)cc3)cc2)CC1c1cccc(Oc2cccnc2)c1. The number of aromatic nitrogens is 1. The molecular weight excluding hydrogens is 500 g/mol. The Morgan fingerprint density at radius 1 is 0.972 bits per heavy atom. The Kier molecular flexibility index (Phi) is 6.26. The minimum Gasteiger partial charge on any atom is -0.480 e. The number of halogens is 1. The van der Waals surface area contributed by atoms with Crippen molar-refractivity contribution in [1.82, 2.24) is 9.71 Å². The first-order valence-electron chi connectivity index (χ1n) is 11.1. The average molecular weight is 521 g/mol. The van der Waals surface area contributed by atoms with Crippen LogP contribution in [0.15, 0.2) is 102 Å². The van der Waals surface area contributed by atoms with Gasteiger partial charge in [0.15, 0.2) is 0 Å². The van der Waals surface area contributed by atoms with Crippen LogP contribution in [0.25, 0.3) is 11.1 Å². The smallest absolute Gasteiger partial charge is 0.325 e. The van der Waals surface area contributed by atoms with Gasteiger partial charge in [0.05, 0.1) is 11.1 Å². The summed E-state index contributed by atoms with van der Waals surface area (Å²) in [6.07, 6.45) is 3.32. The van der Waals surface area contributed by atoms with Crippen LogP contribution in [-0.2, 0) is 14.8 Å². The molecule has 0 radical (unpaired) electrons. The van der Waals surface area contributed by atoms with Gasteiger partial charge in [-0.15, -0.1) is 0 Å². The predicted octanol–water partition coefficient (Wildman–Crippen LogP) is 5.48. The molecule has 0 amide bonds. The van der Waals surface area contributed by atoms with Crippen LogP contribution >= 0.6 is 11.6 Å². The van der Waals surface area contributed by atoms with Gasteiger partial charge in [-0.1, -0.05) is 48.0 Å². The van der Waals surface area contributed by atoms with Crippen LogP contribution in [0.2, 0.25) is 5.02 Å². The molecule has 2 N–H and O–H groups in total. The van der Waals surface area contributed by atoms with Crippen LogP contribution < -0.4 is 9.46 Å². The molecule has 2 atom stereocenters. The fraction of sp³-hybridized carbons (Fsp3) is 0.111. The number of carboxylic acid groups (broad SMARTS) is 1. The molecule has 1 saturated carbocycles. The lowest BCUT2D eigenvalue weighted by atomic mass is 10.1. The molecule has 1 aromatic heterocycles. The minimum atomic E-state index is -4.10. The van der Waals surface area contributed by atoms with Crippen LogP contribution in [0.3, 0.4) is 0 Å². The largest absolute Gasteiger partial charge is 0.480 e. The molecule has 0 aliphatic heterocycles. The second-order valence-electron chi connectivity index (χ2n) is 8.53. The van der Waals surface area contributed by atoms with Crippen molar-refractivity contribution in [3.8, 4) is 22.6 Å². The molecule has 7 nitrogen and oxygen atoms in total. The summed E-state index contributed by atoms with van der Waals surface area (Å²) in [5.41, 5.74) is 0.725. The van der Waals surface area contributed by atoms with Crippen LogP contribution in [-0.4, -0.2) is 30.0 Å². The van der Waals surface area contributed by atoms with E-state index in [1.165, 1.54) is 12.1 Å². The third-order valence-electron chi connectivity index (χ3n) is 6.13. The van der Waals surface area contributed by atoms with Crippen molar-refractivity contribution in [2.24, 2.45) is 0 Å². The summed E-state index contributed by atoms with van der Waals surface area (Å²) in [4.78, 5) is 16.2. The molecule has 1 heterocycles. The maximum Gasteiger partial charge on any atom is 0.325 e. The second kappa shape index (κ2) is 9.39. The number of sulfonamides is 1. The van der Waals surface area contributed by atoms with Crippen molar-refractivity contribution < 1.29 is 23.1 Å². The third-order valence-corrected chi connectivity index (χ3v) is 7.91. The lowest BCUT2D eigenvalue weighted by molar-refractivity contribution is -0.140. The second-order valence-corrected chi connectivity index (χ2v) is 10.7. The number of hydrogen-bond acceptors (Lipinski definition) is 5. The summed E-state index contributed by atoms with van der Waals surface area (Å²) in [5, 5.41) is 10.6. The molecule has 4 aromatic rings. The fourth-order valence-electron chi connectivity index (χ4n) is 4.16. The van der Waals surface area contributed by atoms with E-state index in [1.807, 2.05) is 12.1 Å². The average Bonchev–Trinajstić information content (AvgIpc) is 3.60. The van der Waals surface area contributed by atoms with Gasteiger partial charge in [0.1, 0.15) is 17.0 Å². The molecule has 0 saturated heterocycles. The van der Waals surface area contributed by atoms with Gasteiger partial charge < -0.3 is 9.84 Å². The Labute approximate surface area is 213 Å². The van der Waals surface area contributed by atoms with E-state index in [4.69, 9.17) is 16.3 Å². The maximum absolute atomic E-state index is 13.1. The zero-order valence-corrected chi connectivity index (χ0v) is 20.4. The molecule has 1 aliphatic carbocycles. The van der Waals surface area contributed by atoms with E-state index >= 15 is 0 Å². The van der Waals surface area contributed by atoms with Gasteiger partial charge in [0.2, 0.25) is 10.0 Å². The number of benzene rings is 3. The minimum absolute atomic E-state index is 0.0137. The lowest BCUT2D eigenvalue weighted by Gasteiger charge is -2.16. The summed E-state index contributed by atoms with van der Waals surface area (Å²) in [6, 6.07) is 23.9.